The first-order valence-corrected chi connectivity index (χ1v) is 12.2. The second-order valence-electron chi connectivity index (χ2n) is 8.34. The average molecular weight is 491 g/mol. The smallest absolute Gasteiger partial charge is 0.169 e. The van der Waals surface area contributed by atoms with Gasteiger partial charge in [-0.25, -0.2) is 0 Å². The number of nitriles is 1. The molecule has 0 bridgehead atoms. The van der Waals surface area contributed by atoms with Gasteiger partial charge in [0.15, 0.2) is 5.79 Å². The first-order valence-electron chi connectivity index (χ1n) is 10.7. The summed E-state index contributed by atoms with van der Waals surface area (Å²) in [6.45, 7) is 3.41. The Balaban J connectivity index is 1.41. The zero-order valence-corrected chi connectivity index (χ0v) is 18.7. The molecule has 0 aromatic heterocycles. The lowest BCUT2D eigenvalue weighted by Crippen LogP contribution is -2.36. The first-order chi connectivity index (χ1) is 13.1. The standard InChI is InChI=1S/C21H34INO4/c1-16(14-23)13-18(24-12-11-22)6-5-17-7-8-19(26-17)20-15-25-21(27-20)9-3-2-4-10-21/h16-20H,2-13,15H2,1H3/t16-,17+,18-,19?,20?/m1/s1. The number of hydrogen-bond acceptors (Lipinski definition) is 5. The van der Waals surface area contributed by atoms with Crippen LogP contribution in [0, 0.1) is 17.2 Å². The van der Waals surface area contributed by atoms with Gasteiger partial charge in [0.25, 0.3) is 0 Å². The summed E-state index contributed by atoms with van der Waals surface area (Å²) in [5, 5.41) is 9.09. The lowest BCUT2D eigenvalue weighted by Gasteiger charge is -2.32. The highest BCUT2D eigenvalue weighted by Gasteiger charge is 2.46. The molecular weight excluding hydrogens is 457 g/mol. The molecule has 0 aromatic carbocycles. The van der Waals surface area contributed by atoms with Gasteiger partial charge in [0, 0.05) is 23.2 Å². The predicted octanol–water partition coefficient (Wildman–Crippen LogP) is 4.76. The second kappa shape index (κ2) is 10.7. The van der Waals surface area contributed by atoms with Gasteiger partial charge in [-0.15, -0.1) is 0 Å². The van der Waals surface area contributed by atoms with Gasteiger partial charge in [0.2, 0.25) is 0 Å². The zero-order chi connectivity index (χ0) is 19.1. The van der Waals surface area contributed by atoms with Gasteiger partial charge in [-0.05, 0) is 51.9 Å². The van der Waals surface area contributed by atoms with Gasteiger partial charge >= 0.3 is 0 Å². The van der Waals surface area contributed by atoms with Crippen LogP contribution in [0.4, 0.5) is 0 Å². The van der Waals surface area contributed by atoms with E-state index in [4.69, 9.17) is 24.2 Å². The first kappa shape index (κ1) is 21.8. The van der Waals surface area contributed by atoms with E-state index >= 15 is 0 Å². The van der Waals surface area contributed by atoms with E-state index in [9.17, 15) is 0 Å². The van der Waals surface area contributed by atoms with Crippen LogP contribution in [0.25, 0.3) is 0 Å². The molecule has 1 spiro atoms. The highest BCUT2D eigenvalue weighted by Crippen LogP contribution is 2.40. The van der Waals surface area contributed by atoms with Crippen molar-refractivity contribution < 1.29 is 18.9 Å². The van der Waals surface area contributed by atoms with E-state index in [-0.39, 0.29) is 36.1 Å². The molecule has 0 radical (unpaired) electrons. The third-order valence-electron chi connectivity index (χ3n) is 6.13. The van der Waals surface area contributed by atoms with Crippen LogP contribution in [0.15, 0.2) is 0 Å². The number of hydrogen-bond donors (Lipinski definition) is 0. The van der Waals surface area contributed by atoms with Crippen molar-refractivity contribution in [3.05, 3.63) is 0 Å². The van der Waals surface area contributed by atoms with Crippen LogP contribution in [-0.4, -0.2) is 47.8 Å². The predicted molar refractivity (Wildman–Crippen MR) is 112 cm³/mol. The average Bonchev–Trinajstić information content (AvgIpc) is 3.32. The molecule has 2 unspecified atom stereocenters. The fourth-order valence-corrected chi connectivity index (χ4v) is 4.89. The topological polar surface area (TPSA) is 60.7 Å². The summed E-state index contributed by atoms with van der Waals surface area (Å²) in [6.07, 6.45) is 11.4. The molecule has 3 rings (SSSR count). The van der Waals surface area contributed by atoms with Crippen molar-refractivity contribution in [3.63, 3.8) is 0 Å². The van der Waals surface area contributed by atoms with Gasteiger partial charge in [-0.3, -0.25) is 0 Å². The highest BCUT2D eigenvalue weighted by molar-refractivity contribution is 14.1. The van der Waals surface area contributed by atoms with Crippen molar-refractivity contribution in [2.45, 2.75) is 101 Å². The SMILES string of the molecule is C[C@@H](C#N)C[C@@H](CC[C@H]1CCC(C2COC3(CCCCC3)O2)O1)OCCI. The van der Waals surface area contributed by atoms with E-state index in [0.717, 1.165) is 56.0 Å². The van der Waals surface area contributed by atoms with Crippen LogP contribution in [0.3, 0.4) is 0 Å². The summed E-state index contributed by atoms with van der Waals surface area (Å²) < 4.78 is 25.7. The molecule has 0 aromatic rings. The van der Waals surface area contributed by atoms with Crippen LogP contribution in [-0.2, 0) is 18.9 Å². The van der Waals surface area contributed by atoms with Crippen LogP contribution in [0.1, 0.15) is 71.1 Å². The van der Waals surface area contributed by atoms with E-state index in [1.807, 2.05) is 6.92 Å². The number of rotatable bonds is 9. The Morgan fingerprint density at radius 2 is 2.04 bits per heavy atom. The van der Waals surface area contributed by atoms with E-state index < -0.39 is 0 Å². The van der Waals surface area contributed by atoms with Crippen LogP contribution < -0.4 is 0 Å². The van der Waals surface area contributed by atoms with Crippen LogP contribution in [0.2, 0.25) is 0 Å². The van der Waals surface area contributed by atoms with Crippen molar-refractivity contribution in [1.29, 1.82) is 5.26 Å². The van der Waals surface area contributed by atoms with Gasteiger partial charge in [-0.2, -0.15) is 5.26 Å². The van der Waals surface area contributed by atoms with Crippen molar-refractivity contribution in [3.8, 4) is 6.07 Å². The van der Waals surface area contributed by atoms with E-state index in [1.165, 1.54) is 19.3 Å². The number of alkyl halides is 1. The van der Waals surface area contributed by atoms with Gasteiger partial charge in [-0.1, -0.05) is 29.0 Å². The van der Waals surface area contributed by atoms with Crippen molar-refractivity contribution in [2.24, 2.45) is 5.92 Å². The molecular formula is C21H34INO4. The maximum Gasteiger partial charge on any atom is 0.169 e. The zero-order valence-electron chi connectivity index (χ0n) is 16.5. The van der Waals surface area contributed by atoms with E-state index in [0.29, 0.717) is 6.61 Å². The van der Waals surface area contributed by atoms with Gasteiger partial charge in [0.05, 0.1) is 37.6 Å². The number of ether oxygens (including phenoxy) is 4. The quantitative estimate of drug-likeness (QED) is 0.344. The largest absolute Gasteiger partial charge is 0.377 e. The molecule has 3 fully saturated rings. The molecule has 2 heterocycles. The molecule has 27 heavy (non-hydrogen) atoms. The minimum Gasteiger partial charge on any atom is -0.377 e. The second-order valence-corrected chi connectivity index (χ2v) is 9.42. The van der Waals surface area contributed by atoms with Crippen molar-refractivity contribution in [2.75, 3.05) is 17.6 Å². The molecule has 1 saturated carbocycles. The summed E-state index contributed by atoms with van der Waals surface area (Å²) in [7, 11) is 0. The summed E-state index contributed by atoms with van der Waals surface area (Å²) in [6, 6.07) is 2.33. The molecule has 0 amide bonds. The van der Waals surface area contributed by atoms with Crippen molar-refractivity contribution in [1.82, 2.24) is 0 Å². The van der Waals surface area contributed by atoms with E-state index in [1.54, 1.807) is 0 Å². The molecule has 6 heteroatoms. The lowest BCUT2D eigenvalue weighted by molar-refractivity contribution is -0.197. The molecule has 5 atom stereocenters. The number of nitrogens with zero attached hydrogens (tertiary/aromatic N) is 1. The maximum atomic E-state index is 9.09. The van der Waals surface area contributed by atoms with Crippen LogP contribution in [0.5, 0.6) is 0 Å². The Morgan fingerprint density at radius 3 is 2.78 bits per heavy atom. The minimum absolute atomic E-state index is 0.0391. The summed E-state index contributed by atoms with van der Waals surface area (Å²) in [4.78, 5) is 0. The Hall–Kier alpha value is 0.0600. The van der Waals surface area contributed by atoms with Gasteiger partial charge < -0.3 is 18.9 Å². The molecule has 2 saturated heterocycles. The molecule has 0 N–H and O–H groups in total. The Bertz CT molecular complexity index is 491. The molecule has 2 aliphatic heterocycles. The molecule has 154 valence electrons. The van der Waals surface area contributed by atoms with Crippen molar-refractivity contribution >= 4 is 22.6 Å². The minimum atomic E-state index is -0.309. The molecule has 5 nitrogen and oxygen atoms in total. The normalized spacial score (nSPS) is 32.4. The fourth-order valence-electron chi connectivity index (χ4n) is 4.63. The molecule has 3 aliphatic rings. The summed E-state index contributed by atoms with van der Waals surface area (Å²) in [5.74, 6) is -0.270. The highest BCUT2D eigenvalue weighted by atomic mass is 127. The Kier molecular flexibility index (Phi) is 8.65. The maximum absolute atomic E-state index is 9.09. The van der Waals surface area contributed by atoms with Gasteiger partial charge in [0.1, 0.15) is 6.10 Å². The summed E-state index contributed by atoms with van der Waals surface area (Å²) in [5.41, 5.74) is 0. The number of halogens is 1. The Morgan fingerprint density at radius 1 is 1.22 bits per heavy atom. The Labute approximate surface area is 177 Å². The third kappa shape index (κ3) is 6.27. The fraction of sp³-hybridized carbons (Fsp3) is 0.952. The monoisotopic (exact) mass is 491 g/mol. The van der Waals surface area contributed by atoms with Crippen LogP contribution >= 0.6 is 22.6 Å². The lowest BCUT2D eigenvalue weighted by atomic mass is 9.94. The summed E-state index contributed by atoms with van der Waals surface area (Å²) >= 11 is 2.33. The third-order valence-corrected chi connectivity index (χ3v) is 6.57. The van der Waals surface area contributed by atoms with E-state index in [2.05, 4.69) is 28.7 Å². The molecule has 1 aliphatic carbocycles.